The molecule has 0 saturated carbocycles. The van der Waals surface area contributed by atoms with Crippen LogP contribution >= 0.6 is 0 Å². The van der Waals surface area contributed by atoms with E-state index in [1.807, 2.05) is 0 Å². The molecule has 0 spiro atoms. The monoisotopic (exact) mass is 277 g/mol. The Balaban J connectivity index is 1.72. The average molecular weight is 277 g/mol. The number of nitrogens with one attached hydrogen (secondary N) is 2. The lowest BCUT2D eigenvalue weighted by Gasteiger charge is -2.26. The number of amides is 2. The van der Waals surface area contributed by atoms with Crippen LogP contribution in [0.25, 0.3) is 0 Å². The van der Waals surface area contributed by atoms with Crippen molar-refractivity contribution in [2.24, 2.45) is 0 Å². The van der Waals surface area contributed by atoms with Gasteiger partial charge in [-0.3, -0.25) is 0 Å². The highest BCUT2D eigenvalue weighted by Gasteiger charge is 2.19. The van der Waals surface area contributed by atoms with Gasteiger partial charge in [-0.25, -0.2) is 4.79 Å². The highest BCUT2D eigenvalue weighted by atomic mass is 16.5. The van der Waals surface area contributed by atoms with Gasteiger partial charge in [-0.2, -0.15) is 0 Å². The number of hydrogen-bond donors (Lipinski definition) is 2. The number of nitrogens with zero attached hydrogens (tertiary/aromatic N) is 1. The number of urea groups is 1. The third-order valence-electron chi connectivity index (χ3n) is 3.41. The fraction of sp³-hybridized carbons (Fsp3) is 0.533. The summed E-state index contributed by atoms with van der Waals surface area (Å²) >= 11 is 0. The van der Waals surface area contributed by atoms with E-state index in [2.05, 4.69) is 34.9 Å². The number of ether oxygens (including phenoxy) is 1. The standard InChI is InChI=1S/C15H23N3O2/c1-18(2)15(19)17-9-8-16-11-14-13-6-4-3-5-12(13)7-10-20-14/h3-6,14,16H,7-11H2,1-2H3,(H,17,19). The normalized spacial score (nSPS) is 17.4. The molecule has 0 fully saturated rings. The molecule has 1 aliphatic rings. The summed E-state index contributed by atoms with van der Waals surface area (Å²) in [5.41, 5.74) is 2.66. The van der Waals surface area contributed by atoms with Gasteiger partial charge in [-0.05, 0) is 17.5 Å². The third kappa shape index (κ3) is 3.95. The first kappa shape index (κ1) is 14.8. The van der Waals surface area contributed by atoms with E-state index in [0.29, 0.717) is 6.54 Å². The van der Waals surface area contributed by atoms with E-state index in [4.69, 9.17) is 4.74 Å². The molecule has 0 radical (unpaired) electrons. The lowest BCUT2D eigenvalue weighted by Crippen LogP contribution is -2.39. The van der Waals surface area contributed by atoms with Gasteiger partial charge in [0.1, 0.15) is 0 Å². The average Bonchev–Trinajstić information content (AvgIpc) is 2.46. The highest BCUT2D eigenvalue weighted by Crippen LogP contribution is 2.25. The Morgan fingerprint density at radius 1 is 1.35 bits per heavy atom. The summed E-state index contributed by atoms with van der Waals surface area (Å²) in [5.74, 6) is 0. The summed E-state index contributed by atoms with van der Waals surface area (Å²) in [7, 11) is 3.46. The van der Waals surface area contributed by atoms with E-state index >= 15 is 0 Å². The molecule has 1 atom stereocenters. The SMILES string of the molecule is CN(C)C(=O)NCCNCC1OCCc2ccccc21. The molecule has 20 heavy (non-hydrogen) atoms. The summed E-state index contributed by atoms with van der Waals surface area (Å²) < 4.78 is 5.81. The number of rotatable bonds is 5. The van der Waals surface area contributed by atoms with Gasteiger partial charge in [0.15, 0.2) is 0 Å². The lowest BCUT2D eigenvalue weighted by molar-refractivity contribution is 0.0427. The molecule has 2 N–H and O–H groups in total. The van der Waals surface area contributed by atoms with Gasteiger partial charge in [-0.15, -0.1) is 0 Å². The summed E-state index contributed by atoms with van der Waals surface area (Å²) in [6.07, 6.45) is 1.11. The largest absolute Gasteiger partial charge is 0.372 e. The molecular weight excluding hydrogens is 254 g/mol. The van der Waals surface area contributed by atoms with E-state index in [1.165, 1.54) is 16.0 Å². The molecule has 2 rings (SSSR count). The molecule has 5 nitrogen and oxygen atoms in total. The van der Waals surface area contributed by atoms with Crippen molar-refractivity contribution in [3.63, 3.8) is 0 Å². The van der Waals surface area contributed by atoms with Crippen LogP contribution in [0.15, 0.2) is 24.3 Å². The van der Waals surface area contributed by atoms with Crippen molar-refractivity contribution in [1.29, 1.82) is 0 Å². The zero-order valence-corrected chi connectivity index (χ0v) is 12.2. The summed E-state index contributed by atoms with van der Waals surface area (Å²) in [4.78, 5) is 12.9. The van der Waals surface area contributed by atoms with Gasteiger partial charge in [0.05, 0.1) is 12.7 Å². The van der Waals surface area contributed by atoms with Gasteiger partial charge in [0.2, 0.25) is 0 Å². The van der Waals surface area contributed by atoms with Crippen molar-refractivity contribution in [2.75, 3.05) is 40.3 Å². The van der Waals surface area contributed by atoms with Crippen LogP contribution in [-0.4, -0.2) is 51.3 Å². The van der Waals surface area contributed by atoms with E-state index in [0.717, 1.165) is 26.1 Å². The van der Waals surface area contributed by atoms with Crippen LogP contribution in [0, 0.1) is 0 Å². The zero-order chi connectivity index (χ0) is 14.4. The molecule has 0 saturated heterocycles. The molecule has 110 valence electrons. The molecule has 5 heteroatoms. The topological polar surface area (TPSA) is 53.6 Å². The zero-order valence-electron chi connectivity index (χ0n) is 12.2. The van der Waals surface area contributed by atoms with E-state index in [9.17, 15) is 4.79 Å². The highest BCUT2D eigenvalue weighted by molar-refractivity contribution is 5.73. The minimum atomic E-state index is -0.0638. The van der Waals surface area contributed by atoms with Gasteiger partial charge in [0.25, 0.3) is 0 Å². The Kier molecular flexibility index (Phi) is 5.38. The molecular formula is C15H23N3O2. The second-order valence-corrected chi connectivity index (χ2v) is 5.14. The molecule has 0 aliphatic carbocycles. The molecule has 2 amide bonds. The number of carbonyl (C=O) groups excluding carboxylic acids is 1. The Morgan fingerprint density at radius 2 is 2.15 bits per heavy atom. The number of hydrogen-bond acceptors (Lipinski definition) is 3. The van der Waals surface area contributed by atoms with Crippen molar-refractivity contribution >= 4 is 6.03 Å². The Morgan fingerprint density at radius 3 is 2.95 bits per heavy atom. The fourth-order valence-corrected chi connectivity index (χ4v) is 2.29. The van der Waals surface area contributed by atoms with E-state index < -0.39 is 0 Å². The van der Waals surface area contributed by atoms with Crippen LogP contribution in [0.4, 0.5) is 4.79 Å². The quantitative estimate of drug-likeness (QED) is 0.794. The first-order chi connectivity index (χ1) is 9.68. The molecule has 1 aromatic rings. The van der Waals surface area contributed by atoms with Crippen LogP contribution < -0.4 is 10.6 Å². The molecule has 1 unspecified atom stereocenters. The third-order valence-corrected chi connectivity index (χ3v) is 3.41. The Labute approximate surface area is 120 Å². The predicted octanol–water partition coefficient (Wildman–Crippen LogP) is 1.16. The minimum Gasteiger partial charge on any atom is -0.372 e. The van der Waals surface area contributed by atoms with Crippen molar-refractivity contribution in [1.82, 2.24) is 15.5 Å². The maximum Gasteiger partial charge on any atom is 0.316 e. The first-order valence-corrected chi connectivity index (χ1v) is 7.04. The molecule has 0 bridgehead atoms. The molecule has 1 aromatic carbocycles. The Bertz CT molecular complexity index is 448. The van der Waals surface area contributed by atoms with Crippen LogP contribution in [-0.2, 0) is 11.2 Å². The summed E-state index contributed by atoms with van der Waals surface area (Å²) in [6.45, 7) is 2.91. The van der Waals surface area contributed by atoms with Crippen molar-refractivity contribution < 1.29 is 9.53 Å². The van der Waals surface area contributed by atoms with Gasteiger partial charge in [0, 0.05) is 33.7 Å². The minimum absolute atomic E-state index is 0.0638. The van der Waals surface area contributed by atoms with Crippen LogP contribution in [0.5, 0.6) is 0 Å². The Hall–Kier alpha value is -1.59. The lowest BCUT2D eigenvalue weighted by atomic mass is 9.97. The van der Waals surface area contributed by atoms with E-state index in [-0.39, 0.29) is 12.1 Å². The molecule has 1 aliphatic heterocycles. The smallest absolute Gasteiger partial charge is 0.316 e. The van der Waals surface area contributed by atoms with Gasteiger partial charge < -0.3 is 20.3 Å². The van der Waals surface area contributed by atoms with Crippen LogP contribution in [0.3, 0.4) is 0 Å². The molecule has 1 heterocycles. The van der Waals surface area contributed by atoms with Crippen LogP contribution in [0.2, 0.25) is 0 Å². The van der Waals surface area contributed by atoms with Crippen molar-refractivity contribution in [2.45, 2.75) is 12.5 Å². The number of carbonyl (C=O) groups is 1. The molecule has 0 aromatic heterocycles. The number of fused-ring (bicyclic) bond motifs is 1. The van der Waals surface area contributed by atoms with Crippen LogP contribution in [0.1, 0.15) is 17.2 Å². The second kappa shape index (κ2) is 7.26. The van der Waals surface area contributed by atoms with Gasteiger partial charge in [-0.1, -0.05) is 24.3 Å². The predicted molar refractivity (Wildman–Crippen MR) is 78.8 cm³/mol. The van der Waals surface area contributed by atoms with Crippen molar-refractivity contribution in [3.8, 4) is 0 Å². The maximum atomic E-state index is 11.3. The van der Waals surface area contributed by atoms with Gasteiger partial charge >= 0.3 is 6.03 Å². The first-order valence-electron chi connectivity index (χ1n) is 7.04. The second-order valence-electron chi connectivity index (χ2n) is 5.14. The maximum absolute atomic E-state index is 11.3. The summed E-state index contributed by atoms with van der Waals surface area (Å²) in [6, 6.07) is 8.37. The summed E-state index contributed by atoms with van der Waals surface area (Å²) in [5, 5.41) is 6.15. The number of benzene rings is 1. The fourth-order valence-electron chi connectivity index (χ4n) is 2.29. The van der Waals surface area contributed by atoms with Crippen molar-refractivity contribution in [3.05, 3.63) is 35.4 Å². The van der Waals surface area contributed by atoms with E-state index in [1.54, 1.807) is 14.1 Å².